The molecule has 0 fully saturated rings. The monoisotopic (exact) mass is 454 g/mol. The largest absolute Gasteiger partial charge is 0.494 e. The van der Waals surface area contributed by atoms with Crippen molar-refractivity contribution in [1.82, 2.24) is 9.88 Å². The van der Waals surface area contributed by atoms with E-state index in [-0.39, 0.29) is 58.4 Å². The number of fused-ring (bicyclic) bond motifs is 1. The molecular weight excluding hydrogens is 419 g/mol. The van der Waals surface area contributed by atoms with E-state index in [9.17, 15) is 14.4 Å². The SMILES string of the molecule is [2H]/C(CN(C)C)=C(/[2H])C(=O)Cc1c(OCC)c([2H])c2nc([2H])c(C#N)c(Nc3c([2H])c([2H])c(F)c(C)c3[2H])c2c1[2H]. The maximum absolute atomic E-state index is 14.4. The summed E-state index contributed by atoms with van der Waals surface area (Å²) in [5, 5.41) is 12.3. The van der Waals surface area contributed by atoms with Crippen LogP contribution in [0.2, 0.25) is 0 Å². The van der Waals surface area contributed by atoms with Gasteiger partial charge in [-0.05, 0) is 63.7 Å². The summed E-state index contributed by atoms with van der Waals surface area (Å²) in [5.41, 5.74) is -1.70. The molecule has 2 aromatic carbocycles. The van der Waals surface area contributed by atoms with E-state index in [1.54, 1.807) is 32.0 Å². The lowest BCUT2D eigenvalue weighted by Crippen LogP contribution is -2.11. The Morgan fingerprint density at radius 1 is 1.39 bits per heavy atom. The predicted molar refractivity (Wildman–Crippen MR) is 128 cm³/mol. The Labute approximate surface area is 204 Å². The van der Waals surface area contributed by atoms with Gasteiger partial charge in [-0.2, -0.15) is 5.26 Å². The molecule has 0 saturated heterocycles. The highest BCUT2D eigenvalue weighted by atomic mass is 19.1. The van der Waals surface area contributed by atoms with Crippen molar-refractivity contribution in [2.45, 2.75) is 20.3 Å². The van der Waals surface area contributed by atoms with Gasteiger partial charge >= 0.3 is 0 Å². The van der Waals surface area contributed by atoms with Crippen LogP contribution in [-0.2, 0) is 11.2 Å². The highest BCUT2D eigenvalue weighted by Gasteiger charge is 2.16. The first-order valence-electron chi connectivity index (χ1n) is 14.0. The lowest BCUT2D eigenvalue weighted by atomic mass is 10.0. The number of allylic oxidation sites excluding steroid dienone is 1. The number of halogens is 1. The van der Waals surface area contributed by atoms with Gasteiger partial charge in [-0.25, -0.2) is 4.39 Å². The zero-order valence-electron chi connectivity index (χ0n) is 26.7. The number of hydrogen-bond acceptors (Lipinski definition) is 6. The molecule has 0 amide bonds. The van der Waals surface area contributed by atoms with Gasteiger partial charge in [0.2, 0.25) is 0 Å². The minimum Gasteiger partial charge on any atom is -0.494 e. The number of rotatable bonds is 9. The second kappa shape index (κ2) is 10.7. The van der Waals surface area contributed by atoms with Gasteiger partial charge < -0.3 is 15.0 Å². The maximum Gasteiger partial charge on any atom is 0.159 e. The summed E-state index contributed by atoms with van der Waals surface area (Å²) >= 11 is 0. The number of carbonyl (C=O) groups excluding carboxylic acids is 1. The zero-order chi connectivity index (χ0) is 30.9. The molecule has 1 aromatic heterocycles. The number of nitrogens with one attached hydrogen (secondary N) is 1. The van der Waals surface area contributed by atoms with E-state index in [4.69, 9.17) is 15.7 Å². The molecule has 0 unspecified atom stereocenters. The van der Waals surface area contributed by atoms with Crippen molar-refractivity contribution in [3.8, 4) is 11.8 Å². The van der Waals surface area contributed by atoms with Crippen LogP contribution in [0.3, 0.4) is 0 Å². The minimum atomic E-state index is -1.06. The summed E-state index contributed by atoms with van der Waals surface area (Å²) in [6.07, 6.45) is -1.20. The van der Waals surface area contributed by atoms with Crippen molar-refractivity contribution in [3.05, 3.63) is 71.0 Å². The van der Waals surface area contributed by atoms with E-state index in [1.165, 1.54) is 6.92 Å². The molecule has 0 spiro atoms. The van der Waals surface area contributed by atoms with Crippen molar-refractivity contribution >= 4 is 28.1 Å². The van der Waals surface area contributed by atoms with Crippen LogP contribution in [-0.4, -0.2) is 42.9 Å². The third-order valence-electron chi connectivity index (χ3n) is 4.35. The zero-order valence-corrected chi connectivity index (χ0v) is 18.7. The summed E-state index contributed by atoms with van der Waals surface area (Å²) in [4.78, 5) is 18.7. The van der Waals surface area contributed by atoms with Crippen LogP contribution < -0.4 is 10.1 Å². The number of pyridine rings is 1. The van der Waals surface area contributed by atoms with E-state index in [0.717, 1.165) is 0 Å². The summed E-state index contributed by atoms with van der Waals surface area (Å²) in [7, 11) is 3.34. The van der Waals surface area contributed by atoms with Crippen molar-refractivity contribution in [3.63, 3.8) is 0 Å². The molecule has 170 valence electrons. The number of aromatic nitrogens is 1. The van der Waals surface area contributed by atoms with E-state index < -0.39 is 66.0 Å². The number of nitriles is 1. The molecule has 6 nitrogen and oxygen atoms in total. The van der Waals surface area contributed by atoms with Gasteiger partial charge in [0.15, 0.2) is 5.78 Å². The Morgan fingerprint density at radius 3 is 2.88 bits per heavy atom. The van der Waals surface area contributed by atoms with E-state index in [0.29, 0.717) is 0 Å². The van der Waals surface area contributed by atoms with Crippen LogP contribution in [0.25, 0.3) is 10.9 Å². The number of ether oxygens (including phenoxy) is 1. The number of likely N-dealkylation sites (N-methyl/N-ethyl adjacent to an activating group) is 1. The molecule has 33 heavy (non-hydrogen) atoms. The quantitative estimate of drug-likeness (QED) is 0.462. The summed E-state index contributed by atoms with van der Waals surface area (Å²) < 4.78 is 86.6. The lowest BCUT2D eigenvalue weighted by Gasteiger charge is -2.15. The second-order valence-electron chi connectivity index (χ2n) is 7.25. The summed E-state index contributed by atoms with van der Waals surface area (Å²) in [6.45, 7) is 2.91. The van der Waals surface area contributed by atoms with Gasteiger partial charge in [-0.1, -0.05) is 6.05 Å². The van der Waals surface area contributed by atoms with Crippen LogP contribution in [0.1, 0.15) is 34.6 Å². The fourth-order valence-electron chi connectivity index (χ4n) is 2.84. The van der Waals surface area contributed by atoms with Crippen LogP contribution in [0.5, 0.6) is 5.75 Å². The first-order chi connectivity index (χ1) is 19.2. The summed E-state index contributed by atoms with van der Waals surface area (Å²) in [6, 6.07) is -1.91. The van der Waals surface area contributed by atoms with Gasteiger partial charge in [-0.15, -0.1) is 0 Å². The van der Waals surface area contributed by atoms with Crippen LogP contribution >= 0.6 is 0 Å². The number of anilines is 2. The van der Waals surface area contributed by atoms with E-state index in [2.05, 4.69) is 10.3 Å². The topological polar surface area (TPSA) is 78.2 Å². The predicted octanol–water partition coefficient (Wildman–Crippen LogP) is 4.93. The fourth-order valence-corrected chi connectivity index (χ4v) is 2.84. The minimum absolute atomic E-state index is 0.0216. The number of nitrogens with zero attached hydrogens (tertiary/aromatic N) is 3. The van der Waals surface area contributed by atoms with Crippen LogP contribution in [0.15, 0.2) is 48.5 Å². The molecule has 0 saturated carbocycles. The number of ketones is 1. The highest BCUT2D eigenvalue weighted by Crippen LogP contribution is 2.34. The first-order valence-corrected chi connectivity index (χ1v) is 10.0. The van der Waals surface area contributed by atoms with Gasteiger partial charge in [0.05, 0.1) is 34.3 Å². The van der Waals surface area contributed by atoms with Crippen molar-refractivity contribution in [1.29, 1.82) is 5.26 Å². The smallest absolute Gasteiger partial charge is 0.159 e. The van der Waals surface area contributed by atoms with Crippen molar-refractivity contribution < 1.29 is 24.9 Å². The molecule has 0 aliphatic heterocycles. The standard InChI is InChI=1S/C26H27FN4O2/c1-5-33-25-14-24-22(13-18(25)12-21(32)7-6-10-31(3)4)26(19(15-28)16-29-24)30-20-8-9-23(27)17(2)11-20/h6-9,11,13-14,16H,5,10,12H2,1-4H3,(H,29,30)/b7-6+/i6D,7D,8D,9D,11D,13D,14D,16D. The summed E-state index contributed by atoms with van der Waals surface area (Å²) in [5.74, 6) is -2.08. The molecule has 0 bridgehead atoms. The maximum atomic E-state index is 14.4. The molecule has 0 aliphatic rings. The van der Waals surface area contributed by atoms with E-state index >= 15 is 0 Å². The molecule has 3 aromatic rings. The third kappa shape index (κ3) is 5.93. The Morgan fingerprint density at radius 2 is 2.18 bits per heavy atom. The van der Waals surface area contributed by atoms with Gasteiger partial charge in [-0.3, -0.25) is 9.78 Å². The van der Waals surface area contributed by atoms with Crippen LogP contribution in [0.4, 0.5) is 15.8 Å². The molecule has 1 heterocycles. The first kappa shape index (κ1) is 15.1. The molecule has 0 aliphatic carbocycles. The van der Waals surface area contributed by atoms with Gasteiger partial charge in [0.25, 0.3) is 0 Å². The highest BCUT2D eigenvalue weighted by molar-refractivity contribution is 5.98. The Kier molecular flexibility index (Phi) is 4.91. The van der Waals surface area contributed by atoms with Gasteiger partial charge in [0.1, 0.15) is 17.6 Å². The van der Waals surface area contributed by atoms with Crippen molar-refractivity contribution in [2.75, 3.05) is 32.6 Å². The fraction of sp³-hybridized carbons (Fsp3) is 0.269. The van der Waals surface area contributed by atoms with E-state index in [1.807, 2.05) is 0 Å². The number of benzene rings is 2. The second-order valence-corrected chi connectivity index (χ2v) is 7.25. The van der Waals surface area contributed by atoms with Gasteiger partial charge in [0, 0.05) is 41.8 Å². The normalized spacial score (nSPS) is 15.2. The molecule has 7 heteroatoms. The average Bonchev–Trinajstić information content (AvgIpc) is 2.92. The Hall–Kier alpha value is -3.76. The molecular formula is C26H27FN4O2. The molecule has 1 N–H and O–H groups in total. The third-order valence-corrected chi connectivity index (χ3v) is 4.35. The Bertz CT molecular complexity index is 1620. The molecule has 3 rings (SSSR count). The Balaban J connectivity index is 2.40. The van der Waals surface area contributed by atoms with Crippen LogP contribution in [0, 0.1) is 24.1 Å². The lowest BCUT2D eigenvalue weighted by molar-refractivity contribution is -0.114. The number of hydrogen-bond donors (Lipinski definition) is 1. The number of carbonyl (C=O) groups is 1. The average molecular weight is 455 g/mol. The molecule has 0 radical (unpaired) electrons. The van der Waals surface area contributed by atoms with Crippen molar-refractivity contribution in [2.24, 2.45) is 0 Å². The molecule has 0 atom stereocenters.